The molecule has 2 nitrogen and oxygen atoms in total. The summed E-state index contributed by atoms with van der Waals surface area (Å²) < 4.78 is 1.15. The average molecular weight is 312 g/mol. The smallest absolute Gasteiger partial charge is 0.115 e. The van der Waals surface area contributed by atoms with E-state index in [4.69, 9.17) is 5.11 Å². The Kier molecular flexibility index (Phi) is 4.59. The number of halogens is 1. The first-order valence-electron chi connectivity index (χ1n) is 5.45. The van der Waals surface area contributed by atoms with Gasteiger partial charge in [-0.2, -0.15) is 0 Å². The predicted octanol–water partition coefficient (Wildman–Crippen LogP) is 3.55. The largest absolute Gasteiger partial charge is 0.508 e. The van der Waals surface area contributed by atoms with E-state index < -0.39 is 0 Å². The fourth-order valence-corrected chi connectivity index (χ4v) is 2.97. The highest BCUT2D eigenvalue weighted by Crippen LogP contribution is 2.19. The average Bonchev–Trinajstić information content (AvgIpc) is 2.73. The molecule has 0 saturated heterocycles. The summed E-state index contributed by atoms with van der Waals surface area (Å²) >= 11 is 5.20. The quantitative estimate of drug-likeness (QED) is 0.828. The second-order valence-corrected chi connectivity index (χ2v) is 5.74. The Hall–Kier alpha value is -0.840. The van der Waals surface area contributed by atoms with Crippen molar-refractivity contribution in [3.63, 3.8) is 0 Å². The van der Waals surface area contributed by atoms with Crippen LogP contribution in [0.5, 0.6) is 5.75 Å². The summed E-state index contributed by atoms with van der Waals surface area (Å²) in [4.78, 5) is 1.34. The van der Waals surface area contributed by atoms with Crippen LogP contribution in [0.1, 0.15) is 10.4 Å². The van der Waals surface area contributed by atoms with Crippen molar-refractivity contribution in [2.75, 3.05) is 6.54 Å². The second kappa shape index (κ2) is 6.19. The van der Waals surface area contributed by atoms with Gasteiger partial charge in [-0.15, -0.1) is 11.3 Å². The standard InChI is InChI=1S/C13H14BrNOS/c14-11-7-13(17-9-11)8-15-6-5-10-1-3-12(16)4-2-10/h1-4,7,9,15-16H,5-6,8H2. The molecule has 0 unspecified atom stereocenters. The van der Waals surface area contributed by atoms with E-state index in [2.05, 4.69) is 32.7 Å². The molecule has 0 atom stereocenters. The van der Waals surface area contributed by atoms with E-state index in [1.54, 1.807) is 23.5 Å². The topological polar surface area (TPSA) is 32.3 Å². The maximum atomic E-state index is 9.16. The molecule has 17 heavy (non-hydrogen) atoms. The van der Waals surface area contributed by atoms with E-state index in [0.29, 0.717) is 5.75 Å². The maximum absolute atomic E-state index is 9.16. The molecule has 90 valence electrons. The number of aromatic hydroxyl groups is 1. The fourth-order valence-electron chi connectivity index (χ4n) is 1.55. The highest BCUT2D eigenvalue weighted by Gasteiger charge is 1.97. The second-order valence-electron chi connectivity index (χ2n) is 3.82. The zero-order chi connectivity index (χ0) is 12.1. The molecule has 0 aliphatic heterocycles. The third-order valence-corrected chi connectivity index (χ3v) is 4.15. The van der Waals surface area contributed by atoms with E-state index in [1.165, 1.54) is 10.4 Å². The lowest BCUT2D eigenvalue weighted by atomic mass is 10.1. The molecule has 0 amide bonds. The monoisotopic (exact) mass is 311 g/mol. The molecule has 4 heteroatoms. The number of thiophene rings is 1. The van der Waals surface area contributed by atoms with Crippen LogP contribution in [-0.2, 0) is 13.0 Å². The summed E-state index contributed by atoms with van der Waals surface area (Å²) in [5.74, 6) is 0.324. The lowest BCUT2D eigenvalue weighted by Crippen LogP contribution is -2.15. The van der Waals surface area contributed by atoms with Gasteiger partial charge in [0, 0.05) is 21.3 Å². The third kappa shape index (κ3) is 4.15. The first kappa shape index (κ1) is 12.6. The van der Waals surface area contributed by atoms with Crippen molar-refractivity contribution in [3.8, 4) is 5.75 Å². The van der Waals surface area contributed by atoms with Gasteiger partial charge < -0.3 is 10.4 Å². The van der Waals surface area contributed by atoms with E-state index in [9.17, 15) is 0 Å². The summed E-state index contributed by atoms with van der Waals surface area (Å²) in [6.45, 7) is 1.86. The van der Waals surface area contributed by atoms with Crippen LogP contribution in [0.15, 0.2) is 40.2 Å². The van der Waals surface area contributed by atoms with Gasteiger partial charge in [0.05, 0.1) is 0 Å². The van der Waals surface area contributed by atoms with E-state index in [0.717, 1.165) is 24.0 Å². The molecular formula is C13H14BrNOS. The molecule has 0 fully saturated rings. The molecule has 0 saturated carbocycles. The number of benzene rings is 1. The van der Waals surface area contributed by atoms with Crippen LogP contribution in [0.2, 0.25) is 0 Å². The number of rotatable bonds is 5. The molecule has 0 bridgehead atoms. The molecule has 2 N–H and O–H groups in total. The Labute approximate surface area is 113 Å². The zero-order valence-corrected chi connectivity index (χ0v) is 11.7. The molecule has 2 aromatic rings. The van der Waals surface area contributed by atoms with Gasteiger partial charge in [-0.05, 0) is 52.7 Å². The highest BCUT2D eigenvalue weighted by atomic mass is 79.9. The van der Waals surface area contributed by atoms with Crippen LogP contribution < -0.4 is 5.32 Å². The summed E-state index contributed by atoms with van der Waals surface area (Å²) in [5, 5.41) is 14.7. The maximum Gasteiger partial charge on any atom is 0.115 e. The third-order valence-electron chi connectivity index (χ3n) is 2.45. The number of hydrogen-bond donors (Lipinski definition) is 2. The van der Waals surface area contributed by atoms with Crippen molar-refractivity contribution in [2.24, 2.45) is 0 Å². The van der Waals surface area contributed by atoms with Crippen LogP contribution >= 0.6 is 27.3 Å². The van der Waals surface area contributed by atoms with Crippen LogP contribution in [0.4, 0.5) is 0 Å². The minimum Gasteiger partial charge on any atom is -0.508 e. The van der Waals surface area contributed by atoms with Crippen LogP contribution in [0, 0.1) is 0 Å². The van der Waals surface area contributed by atoms with Crippen LogP contribution in [-0.4, -0.2) is 11.7 Å². The lowest BCUT2D eigenvalue weighted by Gasteiger charge is -2.03. The summed E-state index contributed by atoms with van der Waals surface area (Å²) in [6.07, 6.45) is 0.979. The first-order chi connectivity index (χ1) is 8.24. The van der Waals surface area contributed by atoms with Crippen molar-refractivity contribution in [1.29, 1.82) is 0 Å². The molecule has 2 rings (SSSR count). The van der Waals surface area contributed by atoms with E-state index >= 15 is 0 Å². The SMILES string of the molecule is Oc1ccc(CCNCc2cc(Br)cs2)cc1. The number of nitrogens with one attached hydrogen (secondary N) is 1. The van der Waals surface area contributed by atoms with Crippen molar-refractivity contribution in [3.05, 3.63) is 50.6 Å². The lowest BCUT2D eigenvalue weighted by molar-refractivity contribution is 0.475. The summed E-state index contributed by atoms with van der Waals surface area (Å²) in [5.41, 5.74) is 1.24. The molecule has 0 radical (unpaired) electrons. The predicted molar refractivity (Wildman–Crippen MR) is 75.5 cm³/mol. The highest BCUT2D eigenvalue weighted by molar-refractivity contribution is 9.10. The van der Waals surface area contributed by atoms with E-state index in [-0.39, 0.29) is 0 Å². The van der Waals surface area contributed by atoms with Gasteiger partial charge in [-0.1, -0.05) is 12.1 Å². The van der Waals surface area contributed by atoms with Crippen molar-refractivity contribution in [2.45, 2.75) is 13.0 Å². The van der Waals surface area contributed by atoms with Crippen molar-refractivity contribution in [1.82, 2.24) is 5.32 Å². The molecule has 0 spiro atoms. The van der Waals surface area contributed by atoms with Gasteiger partial charge >= 0.3 is 0 Å². The van der Waals surface area contributed by atoms with Gasteiger partial charge in [0.2, 0.25) is 0 Å². The molecule has 0 aliphatic rings. The molecule has 1 heterocycles. The van der Waals surface area contributed by atoms with Crippen LogP contribution in [0.3, 0.4) is 0 Å². The van der Waals surface area contributed by atoms with E-state index in [1.807, 2.05) is 12.1 Å². The molecular weight excluding hydrogens is 298 g/mol. The summed E-state index contributed by atoms with van der Waals surface area (Å²) in [6, 6.07) is 9.51. The van der Waals surface area contributed by atoms with Gasteiger partial charge in [0.25, 0.3) is 0 Å². The molecule has 0 aliphatic carbocycles. The number of phenols is 1. The number of phenolic OH excluding ortho intramolecular Hbond substituents is 1. The zero-order valence-electron chi connectivity index (χ0n) is 9.32. The Morgan fingerprint density at radius 1 is 1.24 bits per heavy atom. The molecule has 1 aromatic carbocycles. The van der Waals surface area contributed by atoms with Gasteiger partial charge in [-0.3, -0.25) is 0 Å². The first-order valence-corrected chi connectivity index (χ1v) is 7.13. The Balaban J connectivity index is 1.71. The molecule has 1 aromatic heterocycles. The Morgan fingerprint density at radius 2 is 2.00 bits per heavy atom. The van der Waals surface area contributed by atoms with Gasteiger partial charge in [-0.25, -0.2) is 0 Å². The van der Waals surface area contributed by atoms with Crippen molar-refractivity contribution < 1.29 is 5.11 Å². The van der Waals surface area contributed by atoms with Gasteiger partial charge in [0.1, 0.15) is 5.75 Å². The number of hydrogen-bond acceptors (Lipinski definition) is 3. The Morgan fingerprint density at radius 3 is 2.65 bits per heavy atom. The summed E-state index contributed by atoms with van der Waals surface area (Å²) in [7, 11) is 0. The Bertz CT molecular complexity index is 467. The van der Waals surface area contributed by atoms with Gasteiger partial charge in [0.15, 0.2) is 0 Å². The minimum atomic E-state index is 0.324. The fraction of sp³-hybridized carbons (Fsp3) is 0.231. The van der Waals surface area contributed by atoms with Crippen molar-refractivity contribution >= 4 is 27.3 Å². The van der Waals surface area contributed by atoms with Crippen LogP contribution in [0.25, 0.3) is 0 Å². The normalized spacial score (nSPS) is 10.6. The minimum absolute atomic E-state index is 0.324.